The summed E-state index contributed by atoms with van der Waals surface area (Å²) in [6.07, 6.45) is 9.90. The van der Waals surface area contributed by atoms with Crippen LogP contribution in [0.4, 0.5) is 0 Å². The first kappa shape index (κ1) is 31.5. The van der Waals surface area contributed by atoms with Crippen LogP contribution in [0.5, 0.6) is 0 Å². The lowest BCUT2D eigenvalue weighted by Gasteiger charge is -2.28. The lowest BCUT2D eigenvalue weighted by atomic mass is 10.1. The number of fused-ring (bicyclic) bond motifs is 5. The minimum absolute atomic E-state index is 0.224. The van der Waals surface area contributed by atoms with E-state index in [1.807, 2.05) is 28.7 Å². The molecule has 1 aliphatic rings. The molecule has 0 radical (unpaired) electrons. The van der Waals surface area contributed by atoms with Crippen molar-refractivity contribution >= 4 is 80.8 Å². The van der Waals surface area contributed by atoms with Crippen LogP contribution in [0.2, 0.25) is 12.1 Å². The average molecular weight is 684 g/mol. The third kappa shape index (κ3) is 5.29. The maximum atomic E-state index is 11.9. The summed E-state index contributed by atoms with van der Waals surface area (Å²) in [5.41, 5.74) is 5.14. The number of thiophene rings is 2. The number of rotatable bonds is 14. The number of carboxylic acid groups (broad SMARTS) is 1. The second-order valence-electron chi connectivity index (χ2n) is 12.7. The van der Waals surface area contributed by atoms with Gasteiger partial charge < -0.3 is 9.67 Å². The number of hydrogen-bond acceptors (Lipinski definition) is 6. The Morgan fingerprint density at radius 3 is 2.17 bits per heavy atom. The van der Waals surface area contributed by atoms with Crippen LogP contribution in [-0.4, -0.2) is 32.5 Å². The zero-order valence-corrected chi connectivity index (χ0v) is 30.3. The number of nitrogens with zero attached hydrogens (tertiary/aromatic N) is 3. The van der Waals surface area contributed by atoms with Gasteiger partial charge in [0.2, 0.25) is 0 Å². The Bertz CT molecular complexity index is 2030. The van der Waals surface area contributed by atoms with E-state index >= 15 is 0 Å². The molecule has 7 rings (SSSR count). The Balaban J connectivity index is 1.39. The third-order valence-electron chi connectivity index (χ3n) is 9.83. The molecule has 5 nitrogen and oxygen atoms in total. The third-order valence-corrected chi connectivity index (χ3v) is 18.5. The number of aromatic nitrogens is 3. The molecule has 5 heterocycles. The van der Waals surface area contributed by atoms with E-state index in [1.54, 1.807) is 16.4 Å². The van der Waals surface area contributed by atoms with Gasteiger partial charge in [0.15, 0.2) is 0 Å². The summed E-state index contributed by atoms with van der Waals surface area (Å²) in [6, 6.07) is 22.6. The topological polar surface area (TPSA) is 68.0 Å². The highest BCUT2D eigenvalue weighted by molar-refractivity contribution is 7.31. The molecule has 6 aromatic rings. The summed E-state index contributed by atoms with van der Waals surface area (Å²) in [5.74, 6) is -0.956. The van der Waals surface area contributed by atoms with E-state index in [0.717, 1.165) is 23.8 Å². The molecule has 0 unspecified atom stereocenters. The molecule has 0 saturated heterocycles. The normalized spacial score (nSPS) is 13.5. The van der Waals surface area contributed by atoms with Crippen LogP contribution in [-0.2, 0) is 6.54 Å². The smallest absolute Gasteiger partial charge is 0.338 e. The van der Waals surface area contributed by atoms with Gasteiger partial charge in [-0.3, -0.25) is 0 Å². The molecule has 9 heteroatoms. The van der Waals surface area contributed by atoms with Crippen molar-refractivity contribution in [1.29, 1.82) is 0 Å². The second kappa shape index (κ2) is 13.2. The van der Waals surface area contributed by atoms with Gasteiger partial charge in [-0.25, -0.2) is 4.79 Å². The van der Waals surface area contributed by atoms with Gasteiger partial charge in [-0.2, -0.15) is 8.75 Å². The molecule has 0 saturated carbocycles. The first-order valence-corrected chi connectivity index (χ1v) is 21.6. The fourth-order valence-electron chi connectivity index (χ4n) is 7.45. The van der Waals surface area contributed by atoms with E-state index < -0.39 is 14.0 Å². The van der Waals surface area contributed by atoms with E-state index in [4.69, 9.17) is 0 Å². The number of aromatic carboxylic acids is 1. The molecule has 1 N–H and O–H groups in total. The van der Waals surface area contributed by atoms with Crippen molar-refractivity contribution in [3.8, 4) is 30.8 Å². The number of carboxylic acids is 1. The van der Waals surface area contributed by atoms with Gasteiger partial charge in [0, 0.05) is 37.6 Å². The molecule has 0 atom stereocenters. The SMILES string of the molecule is CCCCCCn1c(-c2cc3c(s2)-c2sc(-c4ccc(C(=O)O)c5nsnc45)cc2[Si]3(CCCC)CCCC)cc2ccccc21. The van der Waals surface area contributed by atoms with Crippen molar-refractivity contribution in [3.05, 3.63) is 60.2 Å². The Morgan fingerprint density at radius 1 is 0.783 bits per heavy atom. The molecule has 0 spiro atoms. The molecule has 0 amide bonds. The van der Waals surface area contributed by atoms with Crippen LogP contribution >= 0.6 is 34.4 Å². The summed E-state index contributed by atoms with van der Waals surface area (Å²) in [6.45, 7) is 7.98. The summed E-state index contributed by atoms with van der Waals surface area (Å²) >= 11 is 4.98. The summed E-state index contributed by atoms with van der Waals surface area (Å²) in [7, 11) is -2.03. The first-order valence-electron chi connectivity index (χ1n) is 16.9. The molecule has 238 valence electrons. The Labute approximate surface area is 284 Å². The molecule has 0 fully saturated rings. The van der Waals surface area contributed by atoms with Gasteiger partial charge in [-0.05, 0) is 59.2 Å². The zero-order chi connectivity index (χ0) is 31.8. The number of unbranched alkanes of at least 4 members (excludes halogenated alkanes) is 5. The highest BCUT2D eigenvalue weighted by Gasteiger charge is 2.47. The molecule has 0 bridgehead atoms. The maximum Gasteiger partial charge on any atom is 0.338 e. The quantitative estimate of drug-likeness (QED) is 0.0916. The van der Waals surface area contributed by atoms with Gasteiger partial charge >= 0.3 is 5.97 Å². The van der Waals surface area contributed by atoms with E-state index in [9.17, 15) is 9.90 Å². The number of aryl methyl sites for hydroxylation is 1. The zero-order valence-electron chi connectivity index (χ0n) is 26.9. The molecular formula is C37H41N3O2S3Si. The van der Waals surface area contributed by atoms with Crippen molar-refractivity contribution in [2.45, 2.75) is 90.8 Å². The lowest BCUT2D eigenvalue weighted by Crippen LogP contribution is -2.54. The van der Waals surface area contributed by atoms with Crippen molar-refractivity contribution in [1.82, 2.24) is 13.3 Å². The van der Waals surface area contributed by atoms with Crippen LogP contribution in [0, 0.1) is 0 Å². The average Bonchev–Trinajstić information content (AvgIpc) is 3.89. The Hall–Kier alpha value is -3.11. The fourth-order valence-corrected chi connectivity index (χ4v) is 17.7. The van der Waals surface area contributed by atoms with Crippen LogP contribution in [0.25, 0.3) is 52.7 Å². The second-order valence-corrected chi connectivity index (χ2v) is 19.6. The molecule has 4 aromatic heterocycles. The molecular weight excluding hydrogens is 643 g/mol. The largest absolute Gasteiger partial charge is 0.478 e. The molecule has 0 aliphatic carbocycles. The van der Waals surface area contributed by atoms with Crippen LogP contribution in [0.15, 0.2) is 54.6 Å². The molecule has 2 aromatic carbocycles. The summed E-state index contributed by atoms with van der Waals surface area (Å²) in [5, 5.41) is 14.4. The number of benzene rings is 2. The van der Waals surface area contributed by atoms with Gasteiger partial charge in [0.05, 0.1) is 27.9 Å². The molecule has 1 aliphatic heterocycles. The van der Waals surface area contributed by atoms with Gasteiger partial charge in [-0.15, -0.1) is 22.7 Å². The van der Waals surface area contributed by atoms with E-state index in [1.165, 1.54) is 99.6 Å². The monoisotopic (exact) mass is 683 g/mol. The van der Waals surface area contributed by atoms with Gasteiger partial charge in [-0.1, -0.05) is 90.0 Å². The Morgan fingerprint density at radius 2 is 1.46 bits per heavy atom. The highest BCUT2D eigenvalue weighted by Crippen LogP contribution is 2.48. The van der Waals surface area contributed by atoms with Crippen molar-refractivity contribution in [2.75, 3.05) is 0 Å². The standard InChI is InChI=1S/C37H41N3O2S3Si/c1-4-7-10-13-18-40-27-15-12-11-14-24(27)21-28(40)30-23-32-36(44-30)35-31(46(32,19-8-5-2)20-9-6-3)22-29(43-35)25-16-17-26(37(41)42)34-33(25)38-45-39-34/h11-12,14-17,21-23H,4-10,13,18-20H2,1-3H3,(H,41,42). The van der Waals surface area contributed by atoms with E-state index in [2.05, 4.69) is 76.5 Å². The minimum Gasteiger partial charge on any atom is -0.478 e. The minimum atomic E-state index is -2.03. The van der Waals surface area contributed by atoms with Crippen LogP contribution in [0.1, 0.15) is 82.5 Å². The number of hydrogen-bond donors (Lipinski definition) is 1. The number of carbonyl (C=O) groups is 1. The fraction of sp³-hybridized carbons (Fsp3) is 0.378. The highest BCUT2D eigenvalue weighted by atomic mass is 32.1. The predicted molar refractivity (Wildman–Crippen MR) is 201 cm³/mol. The summed E-state index contributed by atoms with van der Waals surface area (Å²) < 4.78 is 11.6. The van der Waals surface area contributed by atoms with Gasteiger partial charge in [0.25, 0.3) is 0 Å². The Kier molecular flexibility index (Phi) is 9.02. The van der Waals surface area contributed by atoms with Crippen LogP contribution in [0.3, 0.4) is 0 Å². The number of para-hydroxylation sites is 1. The van der Waals surface area contributed by atoms with Crippen molar-refractivity contribution < 1.29 is 9.90 Å². The summed E-state index contributed by atoms with van der Waals surface area (Å²) in [4.78, 5) is 17.5. The predicted octanol–water partition coefficient (Wildman–Crippen LogP) is 10.5. The van der Waals surface area contributed by atoms with Crippen molar-refractivity contribution in [3.63, 3.8) is 0 Å². The van der Waals surface area contributed by atoms with Crippen LogP contribution < -0.4 is 10.4 Å². The first-order chi connectivity index (χ1) is 22.5. The van der Waals surface area contributed by atoms with Gasteiger partial charge in [0.1, 0.15) is 19.1 Å². The van der Waals surface area contributed by atoms with Crippen molar-refractivity contribution in [2.24, 2.45) is 0 Å². The van der Waals surface area contributed by atoms with E-state index in [-0.39, 0.29) is 5.56 Å². The van der Waals surface area contributed by atoms with E-state index in [0.29, 0.717) is 11.0 Å². The lowest BCUT2D eigenvalue weighted by molar-refractivity contribution is 0.0699. The molecule has 46 heavy (non-hydrogen) atoms. The maximum absolute atomic E-state index is 11.9.